The van der Waals surface area contributed by atoms with Crippen LogP contribution in [0.15, 0.2) is 28.7 Å². The van der Waals surface area contributed by atoms with E-state index in [1.807, 2.05) is 0 Å². The average molecular weight is 266 g/mol. The summed E-state index contributed by atoms with van der Waals surface area (Å²) in [6.07, 6.45) is -0.757. The van der Waals surface area contributed by atoms with E-state index in [-0.39, 0.29) is 6.54 Å². The van der Waals surface area contributed by atoms with Crippen molar-refractivity contribution in [3.8, 4) is 0 Å². The Labute approximate surface area is 89.2 Å². The first-order chi connectivity index (χ1) is 6.63. The van der Waals surface area contributed by atoms with Crippen LogP contribution in [0.4, 0.5) is 8.78 Å². The minimum absolute atomic E-state index is 0.0286. The molecular formula is C9H10BrF2NO. The molecule has 0 saturated heterocycles. The Morgan fingerprint density at radius 1 is 1.43 bits per heavy atom. The fourth-order valence-corrected chi connectivity index (χ4v) is 1.52. The van der Waals surface area contributed by atoms with Gasteiger partial charge in [-0.1, -0.05) is 28.1 Å². The molecule has 78 valence electrons. The lowest BCUT2D eigenvalue weighted by Crippen LogP contribution is -2.18. The largest absolute Gasteiger partial charge is 0.345 e. The highest BCUT2D eigenvalue weighted by atomic mass is 79.9. The Kier molecular flexibility index (Phi) is 4.44. The van der Waals surface area contributed by atoms with Crippen molar-refractivity contribution in [3.63, 3.8) is 0 Å². The number of ether oxygens (including phenoxy) is 1. The van der Waals surface area contributed by atoms with Crippen molar-refractivity contribution in [2.75, 3.05) is 6.54 Å². The van der Waals surface area contributed by atoms with Crippen molar-refractivity contribution in [1.82, 2.24) is 0 Å². The molecule has 0 aliphatic rings. The monoisotopic (exact) mass is 265 g/mol. The van der Waals surface area contributed by atoms with Crippen LogP contribution in [0, 0.1) is 0 Å². The number of hydrogen-bond acceptors (Lipinski definition) is 2. The fraction of sp³-hybridized carbons (Fsp3) is 0.333. The molecule has 0 aromatic heterocycles. The second-order valence-corrected chi connectivity index (χ2v) is 3.59. The van der Waals surface area contributed by atoms with Gasteiger partial charge in [-0.3, -0.25) is 0 Å². The molecule has 0 bridgehead atoms. The van der Waals surface area contributed by atoms with Gasteiger partial charge in [-0.05, 0) is 17.7 Å². The van der Waals surface area contributed by atoms with E-state index in [1.165, 1.54) is 0 Å². The van der Waals surface area contributed by atoms with E-state index in [0.717, 1.165) is 4.47 Å². The Hall–Kier alpha value is -0.520. The highest BCUT2D eigenvalue weighted by molar-refractivity contribution is 9.10. The zero-order chi connectivity index (χ0) is 10.6. The van der Waals surface area contributed by atoms with Gasteiger partial charge in [0, 0.05) is 11.0 Å². The van der Waals surface area contributed by atoms with E-state index in [2.05, 4.69) is 20.7 Å². The topological polar surface area (TPSA) is 35.2 Å². The van der Waals surface area contributed by atoms with Crippen LogP contribution in [0.1, 0.15) is 11.7 Å². The molecule has 0 heterocycles. The molecule has 1 rings (SSSR count). The summed E-state index contributed by atoms with van der Waals surface area (Å²) in [5.41, 5.74) is 5.97. The van der Waals surface area contributed by atoms with Crippen LogP contribution in [-0.4, -0.2) is 13.2 Å². The Morgan fingerprint density at radius 2 is 2.14 bits per heavy atom. The van der Waals surface area contributed by atoms with Gasteiger partial charge in [0.25, 0.3) is 0 Å². The molecule has 0 aliphatic carbocycles. The molecule has 1 atom stereocenters. The third-order valence-corrected chi connectivity index (χ3v) is 2.19. The number of benzene rings is 1. The summed E-state index contributed by atoms with van der Waals surface area (Å²) in [6.45, 7) is -2.77. The molecule has 2 nitrogen and oxygen atoms in total. The fourth-order valence-electron chi connectivity index (χ4n) is 1.10. The van der Waals surface area contributed by atoms with Gasteiger partial charge < -0.3 is 10.5 Å². The van der Waals surface area contributed by atoms with E-state index >= 15 is 0 Å². The van der Waals surface area contributed by atoms with Gasteiger partial charge in [-0.25, -0.2) is 0 Å². The predicted octanol–water partition coefficient (Wildman–Crippen LogP) is 2.69. The normalized spacial score (nSPS) is 13.2. The lowest BCUT2D eigenvalue weighted by atomic mass is 10.1. The molecule has 0 spiro atoms. The van der Waals surface area contributed by atoms with Gasteiger partial charge in [-0.2, -0.15) is 8.78 Å². The second kappa shape index (κ2) is 5.38. The number of nitrogens with two attached hydrogens (primary N) is 1. The van der Waals surface area contributed by atoms with E-state index in [0.29, 0.717) is 5.56 Å². The summed E-state index contributed by atoms with van der Waals surface area (Å²) < 4.78 is 29.1. The molecule has 5 heteroatoms. The van der Waals surface area contributed by atoms with E-state index in [1.54, 1.807) is 24.3 Å². The predicted molar refractivity (Wildman–Crippen MR) is 53.0 cm³/mol. The summed E-state index contributed by atoms with van der Waals surface area (Å²) in [6, 6.07) is 6.96. The third-order valence-electron chi connectivity index (χ3n) is 1.70. The van der Waals surface area contributed by atoms with Crippen LogP contribution in [-0.2, 0) is 4.74 Å². The lowest BCUT2D eigenvalue weighted by Gasteiger charge is -2.15. The van der Waals surface area contributed by atoms with E-state index in [4.69, 9.17) is 5.73 Å². The number of rotatable bonds is 4. The maximum Gasteiger partial charge on any atom is 0.345 e. The zero-order valence-corrected chi connectivity index (χ0v) is 8.88. The summed E-state index contributed by atoms with van der Waals surface area (Å²) in [7, 11) is 0. The van der Waals surface area contributed by atoms with Gasteiger partial charge >= 0.3 is 6.61 Å². The second-order valence-electron chi connectivity index (χ2n) is 2.68. The van der Waals surface area contributed by atoms with Crippen molar-refractivity contribution in [2.45, 2.75) is 12.7 Å². The van der Waals surface area contributed by atoms with Crippen molar-refractivity contribution in [1.29, 1.82) is 0 Å². The van der Waals surface area contributed by atoms with Gasteiger partial charge in [0.1, 0.15) is 6.10 Å². The maximum atomic E-state index is 12.0. The van der Waals surface area contributed by atoms with Crippen LogP contribution in [0.2, 0.25) is 0 Å². The third kappa shape index (κ3) is 3.32. The molecule has 1 aromatic carbocycles. The minimum Gasteiger partial charge on any atom is -0.328 e. The summed E-state index contributed by atoms with van der Waals surface area (Å²) in [5, 5.41) is 0. The Morgan fingerprint density at radius 3 is 2.64 bits per heavy atom. The number of alkyl halides is 2. The molecule has 0 aliphatic heterocycles. The van der Waals surface area contributed by atoms with Gasteiger partial charge in [0.2, 0.25) is 0 Å². The van der Waals surface area contributed by atoms with E-state index < -0.39 is 12.7 Å². The van der Waals surface area contributed by atoms with Crippen LogP contribution in [0.5, 0.6) is 0 Å². The molecule has 0 amide bonds. The first-order valence-corrected chi connectivity index (χ1v) is 4.82. The zero-order valence-electron chi connectivity index (χ0n) is 7.29. The molecule has 14 heavy (non-hydrogen) atoms. The van der Waals surface area contributed by atoms with Crippen molar-refractivity contribution in [3.05, 3.63) is 34.3 Å². The van der Waals surface area contributed by atoms with Crippen molar-refractivity contribution in [2.24, 2.45) is 5.73 Å². The Bertz CT molecular complexity index is 296. The van der Waals surface area contributed by atoms with Gasteiger partial charge in [-0.15, -0.1) is 0 Å². The number of hydrogen-bond donors (Lipinski definition) is 1. The lowest BCUT2D eigenvalue weighted by molar-refractivity contribution is -0.162. The van der Waals surface area contributed by atoms with Crippen LogP contribution in [0.3, 0.4) is 0 Å². The summed E-state index contributed by atoms with van der Waals surface area (Å²) >= 11 is 3.24. The maximum absolute atomic E-state index is 12.0. The molecule has 1 unspecified atom stereocenters. The van der Waals surface area contributed by atoms with Gasteiger partial charge in [0.15, 0.2) is 0 Å². The standard InChI is InChI=1S/C9H10BrF2NO/c10-7-3-1-2-6(4-7)8(5-13)14-9(11)12/h1-4,8-9H,5,13H2. The smallest absolute Gasteiger partial charge is 0.328 e. The average Bonchev–Trinajstić information content (AvgIpc) is 2.14. The molecule has 1 aromatic rings. The van der Waals surface area contributed by atoms with Crippen LogP contribution >= 0.6 is 15.9 Å². The Balaban J connectivity index is 2.78. The first kappa shape index (κ1) is 11.6. The SMILES string of the molecule is NCC(OC(F)F)c1cccc(Br)c1. The van der Waals surface area contributed by atoms with Crippen LogP contribution in [0.25, 0.3) is 0 Å². The molecular weight excluding hydrogens is 256 g/mol. The first-order valence-electron chi connectivity index (χ1n) is 4.02. The minimum atomic E-state index is -2.80. The molecule has 0 fully saturated rings. The highest BCUT2D eigenvalue weighted by Gasteiger charge is 2.15. The summed E-state index contributed by atoms with van der Waals surface area (Å²) in [4.78, 5) is 0. The highest BCUT2D eigenvalue weighted by Crippen LogP contribution is 2.22. The summed E-state index contributed by atoms with van der Waals surface area (Å²) in [5.74, 6) is 0. The van der Waals surface area contributed by atoms with Crippen molar-refractivity contribution < 1.29 is 13.5 Å². The molecule has 2 N–H and O–H groups in total. The van der Waals surface area contributed by atoms with E-state index in [9.17, 15) is 8.78 Å². The van der Waals surface area contributed by atoms with Gasteiger partial charge in [0.05, 0.1) is 0 Å². The molecule has 0 saturated carbocycles. The number of halogens is 3. The molecule has 0 radical (unpaired) electrons. The van der Waals surface area contributed by atoms with Crippen molar-refractivity contribution >= 4 is 15.9 Å². The van der Waals surface area contributed by atoms with Crippen LogP contribution < -0.4 is 5.73 Å². The quantitative estimate of drug-likeness (QED) is 0.909.